The molecule has 0 saturated heterocycles. The maximum atomic E-state index is 10.4. The number of carboxylic acid groups (broad SMARTS) is 1. The molecule has 1 aromatic heterocycles. The van der Waals surface area contributed by atoms with Gasteiger partial charge in [-0.3, -0.25) is 0 Å². The molecular weight excluding hydrogens is 199 g/mol. The SMILES string of the molecule is CC(C)(C)c1nnc(C(=O)O)s1.[NaH]. The van der Waals surface area contributed by atoms with E-state index < -0.39 is 5.97 Å². The Labute approximate surface area is 103 Å². The van der Waals surface area contributed by atoms with Crippen LogP contribution in [0.25, 0.3) is 0 Å². The standard InChI is InChI=1S/C7H10N2O2S.Na.H/c1-7(2,3)6-9-8-4(12-6)5(10)11;;/h1-3H3,(H,10,11);;. The van der Waals surface area contributed by atoms with Crippen molar-refractivity contribution < 1.29 is 9.90 Å². The Hall–Kier alpha value is 0.0300. The van der Waals surface area contributed by atoms with E-state index in [1.54, 1.807) is 0 Å². The fourth-order valence-electron chi connectivity index (χ4n) is 0.613. The predicted molar refractivity (Wildman–Crippen MR) is 52.7 cm³/mol. The normalized spacial score (nSPS) is 10.7. The molecule has 0 radical (unpaired) electrons. The van der Waals surface area contributed by atoms with Crippen molar-refractivity contribution in [1.29, 1.82) is 0 Å². The van der Waals surface area contributed by atoms with Crippen LogP contribution in [-0.4, -0.2) is 50.8 Å². The van der Waals surface area contributed by atoms with Crippen LogP contribution in [0.2, 0.25) is 0 Å². The molecular formula is C7H11N2NaO2S. The summed E-state index contributed by atoms with van der Waals surface area (Å²) >= 11 is 1.13. The molecule has 0 saturated carbocycles. The number of carboxylic acids is 1. The van der Waals surface area contributed by atoms with Gasteiger partial charge in [0, 0.05) is 5.41 Å². The number of hydrogen-bond donors (Lipinski definition) is 1. The minimum atomic E-state index is -1.01. The first-order valence-corrected chi connectivity index (χ1v) is 4.30. The van der Waals surface area contributed by atoms with E-state index in [1.165, 1.54) is 0 Å². The third kappa shape index (κ3) is 3.34. The van der Waals surface area contributed by atoms with Crippen LogP contribution < -0.4 is 0 Å². The van der Waals surface area contributed by atoms with Gasteiger partial charge in [0.2, 0.25) is 5.01 Å². The van der Waals surface area contributed by atoms with Crippen molar-refractivity contribution >= 4 is 46.9 Å². The molecule has 0 fully saturated rings. The number of nitrogens with zero attached hydrogens (tertiary/aromatic N) is 2. The zero-order chi connectivity index (χ0) is 9.35. The Morgan fingerprint density at radius 3 is 2.15 bits per heavy atom. The van der Waals surface area contributed by atoms with Gasteiger partial charge in [0.1, 0.15) is 5.01 Å². The fraction of sp³-hybridized carbons (Fsp3) is 0.571. The van der Waals surface area contributed by atoms with E-state index in [0.29, 0.717) is 0 Å². The van der Waals surface area contributed by atoms with E-state index in [-0.39, 0.29) is 40.0 Å². The van der Waals surface area contributed by atoms with E-state index in [9.17, 15) is 4.79 Å². The summed E-state index contributed by atoms with van der Waals surface area (Å²) < 4.78 is 0. The van der Waals surface area contributed by atoms with E-state index in [0.717, 1.165) is 16.3 Å². The minimum absolute atomic E-state index is 0. The summed E-state index contributed by atoms with van der Waals surface area (Å²) in [7, 11) is 0. The quantitative estimate of drug-likeness (QED) is 0.699. The summed E-state index contributed by atoms with van der Waals surface area (Å²) in [6.45, 7) is 5.91. The van der Waals surface area contributed by atoms with Crippen LogP contribution in [0.5, 0.6) is 0 Å². The van der Waals surface area contributed by atoms with Crippen LogP contribution in [0.3, 0.4) is 0 Å². The third-order valence-corrected chi connectivity index (χ3v) is 2.59. The summed E-state index contributed by atoms with van der Waals surface area (Å²) in [4.78, 5) is 10.4. The van der Waals surface area contributed by atoms with Gasteiger partial charge in [-0.05, 0) is 0 Å². The van der Waals surface area contributed by atoms with E-state index in [1.807, 2.05) is 20.8 Å². The molecule has 0 unspecified atom stereocenters. The van der Waals surface area contributed by atoms with E-state index in [2.05, 4.69) is 10.2 Å². The Morgan fingerprint density at radius 2 is 1.92 bits per heavy atom. The second-order valence-electron chi connectivity index (χ2n) is 3.47. The molecule has 0 aliphatic heterocycles. The molecule has 0 aliphatic rings. The van der Waals surface area contributed by atoms with Crippen molar-refractivity contribution in [2.75, 3.05) is 0 Å². The number of rotatable bonds is 1. The average Bonchev–Trinajstić information content (AvgIpc) is 2.30. The molecule has 0 amide bonds. The van der Waals surface area contributed by atoms with Gasteiger partial charge in [-0.15, -0.1) is 10.2 Å². The Balaban J connectivity index is 0.00000144. The van der Waals surface area contributed by atoms with Crippen molar-refractivity contribution in [3.05, 3.63) is 10.0 Å². The Morgan fingerprint density at radius 1 is 1.38 bits per heavy atom. The molecule has 1 aromatic rings. The zero-order valence-corrected chi connectivity index (χ0v) is 7.97. The molecule has 0 spiro atoms. The first-order valence-electron chi connectivity index (χ1n) is 3.48. The van der Waals surface area contributed by atoms with E-state index >= 15 is 0 Å². The van der Waals surface area contributed by atoms with E-state index in [4.69, 9.17) is 5.11 Å². The molecule has 1 heterocycles. The molecule has 0 aromatic carbocycles. The van der Waals surface area contributed by atoms with Gasteiger partial charge >= 0.3 is 35.5 Å². The second kappa shape index (κ2) is 4.50. The molecule has 1 rings (SSSR count). The molecule has 0 aliphatic carbocycles. The topological polar surface area (TPSA) is 63.1 Å². The van der Waals surface area contributed by atoms with Crippen LogP contribution in [0.1, 0.15) is 35.6 Å². The fourth-order valence-corrected chi connectivity index (χ4v) is 1.35. The number of aromatic carboxylic acids is 1. The third-order valence-electron chi connectivity index (χ3n) is 1.25. The molecule has 68 valence electrons. The Kier molecular flexibility index (Phi) is 4.51. The number of carbonyl (C=O) groups is 1. The monoisotopic (exact) mass is 210 g/mol. The van der Waals surface area contributed by atoms with Crippen molar-refractivity contribution in [2.45, 2.75) is 26.2 Å². The molecule has 0 bridgehead atoms. The zero-order valence-electron chi connectivity index (χ0n) is 7.16. The molecule has 4 nitrogen and oxygen atoms in total. The second-order valence-corrected chi connectivity index (χ2v) is 4.45. The Bertz CT molecular complexity index is 306. The van der Waals surface area contributed by atoms with Crippen molar-refractivity contribution in [2.24, 2.45) is 0 Å². The van der Waals surface area contributed by atoms with Crippen molar-refractivity contribution in [1.82, 2.24) is 10.2 Å². The van der Waals surface area contributed by atoms with Crippen molar-refractivity contribution in [3.8, 4) is 0 Å². The van der Waals surface area contributed by atoms with Crippen LogP contribution >= 0.6 is 11.3 Å². The molecule has 6 heteroatoms. The van der Waals surface area contributed by atoms with Gasteiger partial charge < -0.3 is 5.11 Å². The van der Waals surface area contributed by atoms with Crippen LogP contribution in [0, 0.1) is 0 Å². The first kappa shape index (κ1) is 13.0. The van der Waals surface area contributed by atoms with Gasteiger partial charge in [0.15, 0.2) is 0 Å². The van der Waals surface area contributed by atoms with Gasteiger partial charge in [-0.2, -0.15) is 0 Å². The average molecular weight is 210 g/mol. The number of aromatic nitrogens is 2. The van der Waals surface area contributed by atoms with Crippen molar-refractivity contribution in [3.63, 3.8) is 0 Å². The van der Waals surface area contributed by atoms with Gasteiger partial charge in [-0.25, -0.2) is 4.79 Å². The van der Waals surface area contributed by atoms with Crippen LogP contribution in [-0.2, 0) is 5.41 Å². The van der Waals surface area contributed by atoms with Gasteiger partial charge in [0.25, 0.3) is 0 Å². The molecule has 1 N–H and O–H groups in total. The van der Waals surface area contributed by atoms with Crippen LogP contribution in [0.4, 0.5) is 0 Å². The van der Waals surface area contributed by atoms with Gasteiger partial charge in [-0.1, -0.05) is 32.1 Å². The molecule has 13 heavy (non-hydrogen) atoms. The maximum absolute atomic E-state index is 10.4. The van der Waals surface area contributed by atoms with Gasteiger partial charge in [0.05, 0.1) is 0 Å². The summed E-state index contributed by atoms with van der Waals surface area (Å²) in [5.41, 5.74) is -0.120. The molecule has 0 atom stereocenters. The summed E-state index contributed by atoms with van der Waals surface area (Å²) in [6.07, 6.45) is 0. The van der Waals surface area contributed by atoms with Crippen LogP contribution in [0.15, 0.2) is 0 Å². The summed E-state index contributed by atoms with van der Waals surface area (Å²) in [5, 5.41) is 16.7. The first-order chi connectivity index (χ1) is 5.41. The summed E-state index contributed by atoms with van der Waals surface area (Å²) in [5.74, 6) is -1.01. The summed E-state index contributed by atoms with van der Waals surface area (Å²) in [6, 6.07) is 0. The predicted octanol–water partition coefficient (Wildman–Crippen LogP) is 0.885. The number of hydrogen-bond acceptors (Lipinski definition) is 4.